The van der Waals surface area contributed by atoms with Crippen LogP contribution in [0.15, 0.2) is 48.5 Å². The van der Waals surface area contributed by atoms with Crippen LogP contribution in [-0.4, -0.2) is 34.9 Å². The van der Waals surface area contributed by atoms with E-state index in [4.69, 9.17) is 4.74 Å². The normalized spacial score (nSPS) is 11.0. The highest BCUT2D eigenvalue weighted by Gasteiger charge is 2.26. The third-order valence-corrected chi connectivity index (χ3v) is 4.52. The molecule has 0 saturated carbocycles. The molecule has 0 atom stereocenters. The first-order valence-corrected chi connectivity index (χ1v) is 9.41. The molecule has 2 aromatic carbocycles. The topological polar surface area (TPSA) is 89.8 Å². The number of likely N-dealkylation sites (N-methyl/N-ethyl adjacent to an activating group) is 1. The first-order chi connectivity index (χ1) is 13.6. The minimum atomic E-state index is -0.766. The summed E-state index contributed by atoms with van der Waals surface area (Å²) in [7, 11) is 0. The lowest BCUT2D eigenvalue weighted by Gasteiger charge is -2.21. The summed E-state index contributed by atoms with van der Waals surface area (Å²) in [5.41, 5.74) is 0.957. The Labute approximate surface area is 170 Å². The number of nitro groups is 1. The van der Waals surface area contributed by atoms with Crippen molar-refractivity contribution in [3.8, 4) is 0 Å². The first kappa shape index (κ1) is 22.1. The molecule has 0 radical (unpaired) electrons. The van der Waals surface area contributed by atoms with Gasteiger partial charge < -0.3 is 9.64 Å². The minimum Gasteiger partial charge on any atom is -0.452 e. The fraction of sp³-hybridized carbons (Fsp3) is 0.364. The third-order valence-electron chi connectivity index (χ3n) is 4.52. The van der Waals surface area contributed by atoms with E-state index in [2.05, 4.69) is 0 Å². The van der Waals surface area contributed by atoms with Gasteiger partial charge >= 0.3 is 5.97 Å². The van der Waals surface area contributed by atoms with Crippen molar-refractivity contribution in [3.05, 3.63) is 75.3 Å². The molecule has 7 heteroatoms. The lowest BCUT2D eigenvalue weighted by molar-refractivity contribution is -0.386. The van der Waals surface area contributed by atoms with E-state index in [1.54, 1.807) is 11.0 Å². The molecule has 154 valence electrons. The number of rotatable bonds is 7. The minimum absolute atomic E-state index is 0.0450. The van der Waals surface area contributed by atoms with Crippen LogP contribution in [0.4, 0.5) is 5.69 Å². The predicted octanol–water partition coefficient (Wildman–Crippen LogP) is 4.10. The molecule has 0 heterocycles. The van der Waals surface area contributed by atoms with Gasteiger partial charge in [-0.1, -0.05) is 57.2 Å². The van der Waals surface area contributed by atoms with Crippen molar-refractivity contribution >= 4 is 17.6 Å². The summed E-state index contributed by atoms with van der Waals surface area (Å²) < 4.78 is 5.12. The second kappa shape index (κ2) is 9.32. The summed E-state index contributed by atoms with van der Waals surface area (Å²) in [6, 6.07) is 13.8. The van der Waals surface area contributed by atoms with Crippen LogP contribution in [0.3, 0.4) is 0 Å². The smallest absolute Gasteiger partial charge is 0.338 e. The lowest BCUT2D eigenvalue weighted by atomic mass is 9.85. The van der Waals surface area contributed by atoms with Crippen LogP contribution in [-0.2, 0) is 21.5 Å². The van der Waals surface area contributed by atoms with E-state index in [1.807, 2.05) is 58.0 Å². The standard InChI is InChI=1S/C22H26N2O5/c1-5-23(14-16-9-7-6-8-10-16)20(25)15-29-21(26)17-11-12-18(22(2,3)4)19(13-17)24(27)28/h6-13H,5,14-15H2,1-4H3. The maximum absolute atomic E-state index is 12.4. The Morgan fingerprint density at radius 2 is 1.76 bits per heavy atom. The van der Waals surface area contributed by atoms with Gasteiger partial charge in [-0.2, -0.15) is 0 Å². The molecule has 0 N–H and O–H groups in total. The van der Waals surface area contributed by atoms with Crippen LogP contribution in [0, 0.1) is 10.1 Å². The molecule has 0 aromatic heterocycles. The second-order valence-corrected chi connectivity index (χ2v) is 7.71. The van der Waals surface area contributed by atoms with E-state index >= 15 is 0 Å². The SMILES string of the molecule is CCN(Cc1ccccc1)C(=O)COC(=O)c1ccc(C(C)(C)C)c([N+](=O)[O-])c1. The number of nitrogens with zero attached hydrogens (tertiary/aromatic N) is 2. The predicted molar refractivity (Wildman–Crippen MR) is 110 cm³/mol. The zero-order valence-corrected chi connectivity index (χ0v) is 17.2. The zero-order valence-electron chi connectivity index (χ0n) is 17.2. The van der Waals surface area contributed by atoms with Gasteiger partial charge in [0.05, 0.1) is 10.5 Å². The number of esters is 1. The van der Waals surface area contributed by atoms with Crippen molar-refractivity contribution in [2.75, 3.05) is 13.2 Å². The lowest BCUT2D eigenvalue weighted by Crippen LogP contribution is -2.34. The largest absolute Gasteiger partial charge is 0.452 e. The molecular weight excluding hydrogens is 372 g/mol. The van der Waals surface area contributed by atoms with E-state index in [0.717, 1.165) is 5.56 Å². The highest BCUT2D eigenvalue weighted by molar-refractivity contribution is 5.92. The highest BCUT2D eigenvalue weighted by Crippen LogP contribution is 2.32. The Morgan fingerprint density at radius 1 is 1.10 bits per heavy atom. The number of ether oxygens (including phenoxy) is 1. The number of nitro benzene ring substituents is 1. The average molecular weight is 398 g/mol. The maximum atomic E-state index is 12.4. The van der Waals surface area contributed by atoms with Gasteiger partial charge in [0.25, 0.3) is 11.6 Å². The number of hydrogen-bond acceptors (Lipinski definition) is 5. The Hall–Kier alpha value is -3.22. The fourth-order valence-corrected chi connectivity index (χ4v) is 2.93. The van der Waals surface area contributed by atoms with Gasteiger partial charge in [0, 0.05) is 24.7 Å². The number of carbonyl (C=O) groups excluding carboxylic acids is 2. The number of benzene rings is 2. The van der Waals surface area contributed by atoms with Crippen molar-refractivity contribution in [1.29, 1.82) is 0 Å². The molecule has 2 aromatic rings. The summed E-state index contributed by atoms with van der Waals surface area (Å²) in [5, 5.41) is 11.4. The molecule has 0 unspecified atom stereocenters. The van der Waals surface area contributed by atoms with E-state index in [0.29, 0.717) is 18.7 Å². The van der Waals surface area contributed by atoms with Crippen molar-refractivity contribution in [2.45, 2.75) is 39.7 Å². The van der Waals surface area contributed by atoms with Crippen molar-refractivity contribution in [2.24, 2.45) is 0 Å². The van der Waals surface area contributed by atoms with Crippen LogP contribution >= 0.6 is 0 Å². The van der Waals surface area contributed by atoms with Gasteiger partial charge in [0.1, 0.15) is 0 Å². The van der Waals surface area contributed by atoms with Gasteiger partial charge in [0.15, 0.2) is 6.61 Å². The van der Waals surface area contributed by atoms with Crippen molar-refractivity contribution in [3.63, 3.8) is 0 Å². The van der Waals surface area contributed by atoms with Crippen LogP contribution < -0.4 is 0 Å². The molecule has 0 spiro atoms. The average Bonchev–Trinajstić information content (AvgIpc) is 2.69. The quantitative estimate of drug-likeness (QED) is 0.398. The van der Waals surface area contributed by atoms with Crippen LogP contribution in [0.25, 0.3) is 0 Å². The molecule has 7 nitrogen and oxygen atoms in total. The highest BCUT2D eigenvalue weighted by atomic mass is 16.6. The molecule has 0 saturated heterocycles. The second-order valence-electron chi connectivity index (χ2n) is 7.71. The van der Waals surface area contributed by atoms with Crippen molar-refractivity contribution in [1.82, 2.24) is 4.90 Å². The molecular formula is C22H26N2O5. The molecule has 2 rings (SSSR count). The Morgan fingerprint density at radius 3 is 2.31 bits per heavy atom. The van der Waals surface area contributed by atoms with Crippen LogP contribution in [0.1, 0.15) is 49.2 Å². The number of amides is 1. The molecule has 0 aliphatic heterocycles. The first-order valence-electron chi connectivity index (χ1n) is 9.41. The Balaban J connectivity index is 2.07. The number of carbonyl (C=O) groups is 2. The zero-order chi connectivity index (χ0) is 21.6. The molecule has 0 aliphatic carbocycles. The van der Waals surface area contributed by atoms with E-state index < -0.39 is 22.9 Å². The van der Waals surface area contributed by atoms with Crippen LogP contribution in [0.2, 0.25) is 0 Å². The summed E-state index contributed by atoms with van der Waals surface area (Å²) >= 11 is 0. The monoisotopic (exact) mass is 398 g/mol. The molecule has 0 aliphatic rings. The molecule has 29 heavy (non-hydrogen) atoms. The fourth-order valence-electron chi connectivity index (χ4n) is 2.93. The number of hydrogen-bond donors (Lipinski definition) is 0. The van der Waals surface area contributed by atoms with Gasteiger partial charge in [-0.05, 0) is 24.0 Å². The van der Waals surface area contributed by atoms with Gasteiger partial charge in [-0.15, -0.1) is 0 Å². The van der Waals surface area contributed by atoms with Gasteiger partial charge in [-0.3, -0.25) is 14.9 Å². The van der Waals surface area contributed by atoms with Crippen LogP contribution in [0.5, 0.6) is 0 Å². The van der Waals surface area contributed by atoms with E-state index in [1.165, 1.54) is 12.1 Å². The van der Waals surface area contributed by atoms with Gasteiger partial charge in [0.2, 0.25) is 0 Å². The molecule has 1 amide bonds. The molecule has 0 bridgehead atoms. The van der Waals surface area contributed by atoms with Crippen molar-refractivity contribution < 1.29 is 19.2 Å². The molecule has 0 fully saturated rings. The third kappa shape index (κ3) is 5.88. The Kier molecular flexibility index (Phi) is 7.09. The summed E-state index contributed by atoms with van der Waals surface area (Å²) in [5.74, 6) is -1.09. The summed E-state index contributed by atoms with van der Waals surface area (Å²) in [6.07, 6.45) is 0. The van der Waals surface area contributed by atoms with Gasteiger partial charge in [-0.25, -0.2) is 4.79 Å². The van der Waals surface area contributed by atoms with E-state index in [9.17, 15) is 19.7 Å². The Bertz CT molecular complexity index is 888. The maximum Gasteiger partial charge on any atom is 0.338 e. The summed E-state index contributed by atoms with van der Waals surface area (Å²) in [4.78, 5) is 37.2. The van der Waals surface area contributed by atoms with E-state index in [-0.39, 0.29) is 17.2 Å². The summed E-state index contributed by atoms with van der Waals surface area (Å²) in [6.45, 7) is 7.89.